The number of hydrogen-bond acceptors (Lipinski definition) is 10. The maximum absolute atomic E-state index is 10.8. The first kappa shape index (κ1) is 31.7. The fourth-order valence-corrected chi connectivity index (χ4v) is 5.83. The standard InChI is InChI=1S/C34H48N8O2/c1-33(2,3)44-25-34(4)24-42(30-11-9-10-29(37-30)40(6)18-7-8-23-43)31-28(34)16-17-35-32(38-31)36-26-12-14-27(15-13-26)41-21-19-39(5)20-22-41/h9-17,23,28H,7-8,18-22,24-25H2,1-6H3,(H,35,36). The number of anilines is 4. The van der Waals surface area contributed by atoms with E-state index in [-0.39, 0.29) is 16.9 Å². The Morgan fingerprint density at radius 3 is 2.57 bits per heavy atom. The Labute approximate surface area is 262 Å². The van der Waals surface area contributed by atoms with Crippen LogP contribution in [0.25, 0.3) is 0 Å². The molecular formula is C34H48N8O2. The summed E-state index contributed by atoms with van der Waals surface area (Å²) in [6.07, 6.45) is 6.31. The van der Waals surface area contributed by atoms with Gasteiger partial charge < -0.3 is 34.4 Å². The van der Waals surface area contributed by atoms with Crippen LogP contribution in [0, 0.1) is 11.3 Å². The van der Waals surface area contributed by atoms with Crippen LogP contribution < -0.4 is 20.0 Å². The second kappa shape index (κ2) is 13.5. The van der Waals surface area contributed by atoms with Gasteiger partial charge in [-0.25, -0.2) is 9.98 Å². The second-order valence-corrected chi connectivity index (χ2v) is 13.4. The monoisotopic (exact) mass is 600 g/mol. The summed E-state index contributed by atoms with van der Waals surface area (Å²) < 4.78 is 6.36. The topological polar surface area (TPSA) is 88.9 Å². The van der Waals surface area contributed by atoms with Crippen LogP contribution in [0.3, 0.4) is 0 Å². The van der Waals surface area contributed by atoms with Crippen LogP contribution in [0.4, 0.5) is 23.0 Å². The Morgan fingerprint density at radius 1 is 1.11 bits per heavy atom. The number of nitrogens with one attached hydrogen (secondary N) is 1. The third kappa shape index (κ3) is 7.65. The minimum absolute atomic E-state index is 0.0108. The van der Waals surface area contributed by atoms with E-state index < -0.39 is 0 Å². The lowest BCUT2D eigenvalue weighted by molar-refractivity contribution is -0.107. The lowest BCUT2D eigenvalue weighted by atomic mass is 9.80. The van der Waals surface area contributed by atoms with Crippen molar-refractivity contribution in [3.05, 3.63) is 54.7 Å². The molecule has 10 heteroatoms. The SMILES string of the molecule is CN1CCN(c2ccc(NC3=NC=CC4C(=N3)N(c3cccc(N(C)CCCC=O)n3)CC4(C)COC(C)(C)C)cc2)CC1. The maximum atomic E-state index is 10.8. The highest BCUT2D eigenvalue weighted by Crippen LogP contribution is 2.42. The summed E-state index contributed by atoms with van der Waals surface area (Å²) >= 11 is 0. The third-order valence-electron chi connectivity index (χ3n) is 8.55. The van der Waals surface area contributed by atoms with Crippen molar-refractivity contribution in [1.82, 2.24) is 9.88 Å². The van der Waals surface area contributed by atoms with Crippen LogP contribution in [0.15, 0.2) is 64.7 Å². The van der Waals surface area contributed by atoms with Gasteiger partial charge in [0.05, 0.1) is 12.2 Å². The molecule has 0 aliphatic carbocycles. The Bertz CT molecular complexity index is 1370. The van der Waals surface area contributed by atoms with E-state index in [1.165, 1.54) is 5.69 Å². The Morgan fingerprint density at radius 2 is 1.86 bits per heavy atom. The second-order valence-electron chi connectivity index (χ2n) is 13.4. The lowest BCUT2D eigenvalue weighted by Gasteiger charge is -2.34. The number of rotatable bonds is 10. The molecule has 10 nitrogen and oxygen atoms in total. The fourth-order valence-electron chi connectivity index (χ4n) is 5.83. The highest BCUT2D eigenvalue weighted by atomic mass is 16.5. The first-order valence-corrected chi connectivity index (χ1v) is 15.7. The predicted molar refractivity (Wildman–Crippen MR) is 181 cm³/mol. The summed E-state index contributed by atoms with van der Waals surface area (Å²) in [5.74, 6) is 3.12. The van der Waals surface area contributed by atoms with Gasteiger partial charge in [0.25, 0.3) is 0 Å². The van der Waals surface area contributed by atoms with E-state index in [9.17, 15) is 4.79 Å². The van der Waals surface area contributed by atoms with E-state index in [2.05, 4.69) is 90.0 Å². The summed E-state index contributed by atoms with van der Waals surface area (Å²) in [6, 6.07) is 14.6. The number of aromatic nitrogens is 1. The van der Waals surface area contributed by atoms with Crippen molar-refractivity contribution in [2.45, 2.75) is 46.1 Å². The maximum Gasteiger partial charge on any atom is 0.228 e. The number of carbonyl (C=O) groups excluding carboxylic acids is 1. The number of fused-ring (bicyclic) bond motifs is 1. The Hall–Kier alpha value is -3.76. The molecule has 0 bridgehead atoms. The van der Waals surface area contributed by atoms with E-state index >= 15 is 0 Å². The van der Waals surface area contributed by atoms with Crippen LogP contribution in [-0.4, -0.2) is 93.5 Å². The number of piperazine rings is 1. The number of ether oxygens (including phenoxy) is 1. The van der Waals surface area contributed by atoms with Gasteiger partial charge in [0.2, 0.25) is 5.96 Å². The first-order chi connectivity index (χ1) is 21.0. The van der Waals surface area contributed by atoms with Crippen LogP contribution in [0.5, 0.6) is 0 Å². The molecule has 44 heavy (non-hydrogen) atoms. The molecule has 2 atom stereocenters. The average molecular weight is 601 g/mol. The number of aldehydes is 1. The molecule has 1 N–H and O–H groups in total. The number of nitrogens with zero attached hydrogens (tertiary/aromatic N) is 7. The minimum atomic E-state index is -0.260. The van der Waals surface area contributed by atoms with Gasteiger partial charge in [-0.2, -0.15) is 4.99 Å². The summed E-state index contributed by atoms with van der Waals surface area (Å²) in [5, 5.41) is 3.45. The van der Waals surface area contributed by atoms with Crippen molar-refractivity contribution in [2.75, 3.05) is 80.0 Å². The number of guanidine groups is 1. The van der Waals surface area contributed by atoms with Gasteiger partial charge in [-0.3, -0.25) is 0 Å². The first-order valence-electron chi connectivity index (χ1n) is 15.7. The number of carbonyl (C=O) groups is 1. The molecule has 5 rings (SSSR count). The van der Waals surface area contributed by atoms with Crippen molar-refractivity contribution in [3.63, 3.8) is 0 Å². The molecule has 2 fully saturated rings. The highest BCUT2D eigenvalue weighted by molar-refractivity contribution is 6.12. The van der Waals surface area contributed by atoms with Gasteiger partial charge in [0.1, 0.15) is 23.8 Å². The minimum Gasteiger partial charge on any atom is -0.375 e. The number of pyridine rings is 1. The molecule has 1 aromatic carbocycles. The smallest absolute Gasteiger partial charge is 0.228 e. The molecule has 0 spiro atoms. The van der Waals surface area contributed by atoms with E-state index in [1.807, 2.05) is 31.4 Å². The number of benzene rings is 1. The van der Waals surface area contributed by atoms with Crippen molar-refractivity contribution < 1.29 is 9.53 Å². The van der Waals surface area contributed by atoms with E-state index in [0.717, 1.165) is 68.6 Å². The number of aliphatic imine (C=N–C) groups is 2. The summed E-state index contributed by atoms with van der Waals surface area (Å²) in [5.41, 5.74) is 1.67. The summed E-state index contributed by atoms with van der Waals surface area (Å²) in [7, 11) is 4.19. The van der Waals surface area contributed by atoms with Crippen molar-refractivity contribution >= 4 is 41.1 Å². The Balaban J connectivity index is 1.40. The molecule has 3 aliphatic rings. The molecule has 0 amide bonds. The van der Waals surface area contributed by atoms with Gasteiger partial charge in [0.15, 0.2) is 0 Å². The number of hydrogen-bond donors (Lipinski definition) is 1. The van der Waals surface area contributed by atoms with Gasteiger partial charge in [-0.15, -0.1) is 0 Å². The molecule has 3 aliphatic heterocycles. The van der Waals surface area contributed by atoms with Gasteiger partial charge in [-0.05, 0) is 70.6 Å². The van der Waals surface area contributed by atoms with Crippen molar-refractivity contribution in [1.29, 1.82) is 0 Å². The number of unbranched alkanes of at least 4 members (excludes halogenated alkanes) is 1. The summed E-state index contributed by atoms with van der Waals surface area (Å²) in [6.45, 7) is 14.8. The van der Waals surface area contributed by atoms with Crippen molar-refractivity contribution in [3.8, 4) is 0 Å². The molecule has 236 valence electrons. The van der Waals surface area contributed by atoms with Gasteiger partial charge in [0, 0.05) is 81.6 Å². The van der Waals surface area contributed by atoms with Crippen LogP contribution >= 0.6 is 0 Å². The van der Waals surface area contributed by atoms with Crippen molar-refractivity contribution in [2.24, 2.45) is 21.3 Å². The predicted octanol–water partition coefficient (Wildman–Crippen LogP) is 4.90. The molecule has 2 unspecified atom stereocenters. The van der Waals surface area contributed by atoms with E-state index in [1.54, 1.807) is 0 Å². The van der Waals surface area contributed by atoms with Crippen LogP contribution in [0.1, 0.15) is 40.5 Å². The molecule has 1 aromatic heterocycles. The number of likely N-dealkylation sites (N-methyl/N-ethyl adjacent to an activating group) is 1. The zero-order valence-electron chi connectivity index (χ0n) is 27.2. The molecule has 0 saturated carbocycles. The molecule has 4 heterocycles. The normalized spacial score (nSPS) is 22.3. The highest BCUT2D eigenvalue weighted by Gasteiger charge is 2.48. The molecule has 0 radical (unpaired) electrons. The molecular weight excluding hydrogens is 552 g/mol. The molecule has 2 aromatic rings. The van der Waals surface area contributed by atoms with Gasteiger partial charge in [-0.1, -0.05) is 19.1 Å². The summed E-state index contributed by atoms with van der Waals surface area (Å²) in [4.78, 5) is 34.8. The average Bonchev–Trinajstić information content (AvgIpc) is 3.12. The van der Waals surface area contributed by atoms with Gasteiger partial charge >= 0.3 is 0 Å². The zero-order chi connectivity index (χ0) is 31.3. The zero-order valence-corrected chi connectivity index (χ0v) is 27.2. The lowest BCUT2D eigenvalue weighted by Crippen LogP contribution is -2.44. The molecule has 2 saturated heterocycles. The van der Waals surface area contributed by atoms with E-state index in [4.69, 9.17) is 19.7 Å². The van der Waals surface area contributed by atoms with Crippen LogP contribution in [0.2, 0.25) is 0 Å². The number of amidine groups is 1. The largest absolute Gasteiger partial charge is 0.375 e. The van der Waals surface area contributed by atoms with Crippen LogP contribution in [-0.2, 0) is 9.53 Å². The Kier molecular flexibility index (Phi) is 9.70. The fraction of sp³-hybridized carbons (Fsp3) is 0.529. The third-order valence-corrected chi connectivity index (χ3v) is 8.55. The quantitative estimate of drug-likeness (QED) is 0.304. The van der Waals surface area contributed by atoms with E-state index in [0.29, 0.717) is 25.5 Å².